The summed E-state index contributed by atoms with van der Waals surface area (Å²) >= 11 is 0. The first-order valence-electron chi connectivity index (χ1n) is 4.89. The number of nitrogens with one attached hydrogen (secondary N) is 1. The Hall–Kier alpha value is -1.94. The molecule has 0 radical (unpaired) electrons. The standard InChI is InChI=1S/C12H8FN3.ClH/c13-9-4-2-1-3-8(9)12-15-10-5-6-14-7-11(10)16-12;/h1-7H,(H,15,16);1H. The Morgan fingerprint density at radius 1 is 1.12 bits per heavy atom. The van der Waals surface area contributed by atoms with Crippen LogP contribution in [0.15, 0.2) is 42.7 Å². The fraction of sp³-hybridized carbons (Fsp3) is 0. The van der Waals surface area contributed by atoms with Crippen LogP contribution in [0.5, 0.6) is 0 Å². The molecule has 3 nitrogen and oxygen atoms in total. The smallest absolute Gasteiger partial charge is 0.141 e. The first-order chi connectivity index (χ1) is 7.84. The second kappa shape index (κ2) is 4.51. The number of benzene rings is 1. The van der Waals surface area contributed by atoms with Gasteiger partial charge in [0.25, 0.3) is 0 Å². The number of hydrogen-bond acceptors (Lipinski definition) is 2. The Morgan fingerprint density at radius 3 is 2.71 bits per heavy atom. The molecule has 3 aromatic rings. The number of pyridine rings is 1. The molecule has 3 rings (SSSR count). The Bertz CT molecular complexity index is 618. The summed E-state index contributed by atoms with van der Waals surface area (Å²) in [5, 5.41) is 0. The third-order valence-corrected chi connectivity index (χ3v) is 2.41. The van der Waals surface area contributed by atoms with E-state index >= 15 is 0 Å². The molecule has 2 aromatic heterocycles. The van der Waals surface area contributed by atoms with Gasteiger partial charge < -0.3 is 4.98 Å². The molecular formula is C12H9ClFN3. The van der Waals surface area contributed by atoms with Crippen LogP contribution >= 0.6 is 12.4 Å². The molecule has 0 aliphatic rings. The number of halogens is 2. The van der Waals surface area contributed by atoms with E-state index in [0.29, 0.717) is 11.4 Å². The molecule has 86 valence electrons. The lowest BCUT2D eigenvalue weighted by Gasteiger charge is -1.96. The zero-order valence-corrected chi connectivity index (χ0v) is 9.54. The SMILES string of the molecule is Cl.Fc1ccccc1-c1nc2ccncc2[nH]1. The highest BCUT2D eigenvalue weighted by atomic mass is 35.5. The van der Waals surface area contributed by atoms with Crippen LogP contribution in [0, 0.1) is 5.82 Å². The third kappa shape index (κ3) is 1.99. The fourth-order valence-corrected chi connectivity index (χ4v) is 1.64. The van der Waals surface area contributed by atoms with Gasteiger partial charge >= 0.3 is 0 Å². The summed E-state index contributed by atoms with van der Waals surface area (Å²) in [6, 6.07) is 8.34. The van der Waals surface area contributed by atoms with Gasteiger partial charge in [0, 0.05) is 6.20 Å². The lowest BCUT2D eigenvalue weighted by molar-refractivity contribution is 0.630. The van der Waals surface area contributed by atoms with Crippen LogP contribution < -0.4 is 0 Å². The average molecular weight is 250 g/mol. The molecule has 1 aromatic carbocycles. The summed E-state index contributed by atoms with van der Waals surface area (Å²) in [5.74, 6) is 0.246. The predicted octanol–water partition coefficient (Wildman–Crippen LogP) is 3.19. The van der Waals surface area contributed by atoms with Gasteiger partial charge in [0.2, 0.25) is 0 Å². The van der Waals surface area contributed by atoms with Gasteiger partial charge in [-0.1, -0.05) is 12.1 Å². The molecule has 0 bridgehead atoms. The molecule has 0 atom stereocenters. The summed E-state index contributed by atoms with van der Waals surface area (Å²) in [6.45, 7) is 0. The van der Waals surface area contributed by atoms with E-state index in [9.17, 15) is 4.39 Å². The number of nitrogens with zero attached hydrogens (tertiary/aromatic N) is 2. The van der Waals surface area contributed by atoms with Crippen molar-refractivity contribution in [3.8, 4) is 11.4 Å². The molecule has 0 fully saturated rings. The minimum Gasteiger partial charge on any atom is -0.337 e. The average Bonchev–Trinajstić information content (AvgIpc) is 2.73. The summed E-state index contributed by atoms with van der Waals surface area (Å²) in [6.07, 6.45) is 3.33. The van der Waals surface area contributed by atoms with E-state index in [-0.39, 0.29) is 18.2 Å². The normalized spacial score (nSPS) is 10.2. The highest BCUT2D eigenvalue weighted by molar-refractivity contribution is 5.85. The van der Waals surface area contributed by atoms with Gasteiger partial charge in [-0.05, 0) is 18.2 Å². The predicted molar refractivity (Wildman–Crippen MR) is 66.5 cm³/mol. The number of aromatic nitrogens is 3. The van der Waals surface area contributed by atoms with Crippen molar-refractivity contribution in [3.05, 3.63) is 48.5 Å². The van der Waals surface area contributed by atoms with Crippen molar-refractivity contribution < 1.29 is 4.39 Å². The van der Waals surface area contributed by atoms with Gasteiger partial charge in [-0.2, -0.15) is 0 Å². The maximum absolute atomic E-state index is 13.5. The highest BCUT2D eigenvalue weighted by Crippen LogP contribution is 2.21. The van der Waals surface area contributed by atoms with Crippen LogP contribution in [-0.2, 0) is 0 Å². The topological polar surface area (TPSA) is 41.6 Å². The number of imidazole rings is 1. The molecule has 0 aliphatic heterocycles. The molecule has 2 heterocycles. The lowest BCUT2D eigenvalue weighted by atomic mass is 10.2. The number of fused-ring (bicyclic) bond motifs is 1. The van der Waals surface area contributed by atoms with E-state index in [0.717, 1.165) is 11.0 Å². The number of H-pyrrole nitrogens is 1. The van der Waals surface area contributed by atoms with E-state index in [4.69, 9.17) is 0 Å². The van der Waals surface area contributed by atoms with Crippen molar-refractivity contribution in [2.24, 2.45) is 0 Å². The van der Waals surface area contributed by atoms with Crippen molar-refractivity contribution in [1.82, 2.24) is 15.0 Å². The van der Waals surface area contributed by atoms with E-state index < -0.39 is 0 Å². The van der Waals surface area contributed by atoms with E-state index in [1.165, 1.54) is 6.07 Å². The number of hydrogen-bond donors (Lipinski definition) is 1. The molecule has 5 heteroatoms. The maximum Gasteiger partial charge on any atom is 0.141 e. The van der Waals surface area contributed by atoms with Crippen LogP contribution in [0.3, 0.4) is 0 Å². The molecule has 0 spiro atoms. The molecule has 0 aliphatic carbocycles. The molecular weight excluding hydrogens is 241 g/mol. The van der Waals surface area contributed by atoms with Crippen molar-refractivity contribution in [3.63, 3.8) is 0 Å². The lowest BCUT2D eigenvalue weighted by Crippen LogP contribution is -1.84. The van der Waals surface area contributed by atoms with Crippen LogP contribution in [-0.4, -0.2) is 15.0 Å². The minimum absolute atomic E-state index is 0. The number of rotatable bonds is 1. The molecule has 0 amide bonds. The Morgan fingerprint density at radius 2 is 1.94 bits per heavy atom. The summed E-state index contributed by atoms with van der Waals surface area (Å²) < 4.78 is 13.5. The number of aromatic amines is 1. The monoisotopic (exact) mass is 249 g/mol. The zero-order valence-electron chi connectivity index (χ0n) is 8.72. The highest BCUT2D eigenvalue weighted by Gasteiger charge is 2.08. The molecule has 1 N–H and O–H groups in total. The summed E-state index contributed by atoms with van der Waals surface area (Å²) in [4.78, 5) is 11.3. The molecule has 0 saturated heterocycles. The van der Waals surface area contributed by atoms with E-state index in [1.54, 1.807) is 36.7 Å². The quantitative estimate of drug-likeness (QED) is 0.720. The third-order valence-electron chi connectivity index (χ3n) is 2.41. The van der Waals surface area contributed by atoms with Crippen molar-refractivity contribution in [2.75, 3.05) is 0 Å². The molecule has 0 saturated carbocycles. The molecule has 0 unspecified atom stereocenters. The largest absolute Gasteiger partial charge is 0.337 e. The van der Waals surface area contributed by atoms with Crippen LogP contribution in [0.1, 0.15) is 0 Å². The molecule has 17 heavy (non-hydrogen) atoms. The van der Waals surface area contributed by atoms with Crippen molar-refractivity contribution >= 4 is 23.4 Å². The van der Waals surface area contributed by atoms with Gasteiger partial charge in [0.05, 0.1) is 22.8 Å². The van der Waals surface area contributed by atoms with Gasteiger partial charge in [-0.15, -0.1) is 12.4 Å². The Kier molecular flexibility index (Phi) is 3.06. The summed E-state index contributed by atoms with van der Waals surface area (Å²) in [5.41, 5.74) is 2.06. The van der Waals surface area contributed by atoms with Crippen molar-refractivity contribution in [2.45, 2.75) is 0 Å². The van der Waals surface area contributed by atoms with E-state index in [2.05, 4.69) is 15.0 Å². The second-order valence-electron chi connectivity index (χ2n) is 3.46. The second-order valence-corrected chi connectivity index (χ2v) is 3.46. The van der Waals surface area contributed by atoms with Gasteiger partial charge in [-0.3, -0.25) is 4.98 Å². The first kappa shape index (κ1) is 11.5. The summed E-state index contributed by atoms with van der Waals surface area (Å²) in [7, 11) is 0. The van der Waals surface area contributed by atoms with Crippen LogP contribution in [0.4, 0.5) is 4.39 Å². The Balaban J connectivity index is 0.00000108. The van der Waals surface area contributed by atoms with Crippen LogP contribution in [0.2, 0.25) is 0 Å². The zero-order chi connectivity index (χ0) is 11.0. The first-order valence-corrected chi connectivity index (χ1v) is 4.89. The maximum atomic E-state index is 13.5. The fourth-order valence-electron chi connectivity index (χ4n) is 1.64. The van der Waals surface area contributed by atoms with Gasteiger partial charge in [0.15, 0.2) is 0 Å². The Labute approximate surface area is 103 Å². The van der Waals surface area contributed by atoms with Crippen LogP contribution in [0.25, 0.3) is 22.4 Å². The van der Waals surface area contributed by atoms with E-state index in [1.807, 2.05) is 0 Å². The van der Waals surface area contributed by atoms with Crippen molar-refractivity contribution in [1.29, 1.82) is 0 Å². The minimum atomic E-state index is -0.283. The van der Waals surface area contributed by atoms with Gasteiger partial charge in [-0.25, -0.2) is 9.37 Å². The van der Waals surface area contributed by atoms with Gasteiger partial charge in [0.1, 0.15) is 11.6 Å².